The molecule has 4 aromatic rings. The monoisotopic (exact) mass is 273 g/mol. The molecule has 2 aromatic carbocycles. The number of aromatic nitrogens is 2. The van der Waals surface area contributed by atoms with Crippen molar-refractivity contribution in [3.8, 4) is 17.5 Å². The highest BCUT2D eigenvalue weighted by atomic mass is 16.3. The molecule has 0 spiro atoms. The summed E-state index contributed by atoms with van der Waals surface area (Å²) < 4.78 is 7.59. The SMILES string of the molecule is Cn1c(-c2coc3ccccc23)nc2ccc(C#N)cc21. The Bertz CT molecular complexity index is 1020. The van der Waals surface area contributed by atoms with Crippen molar-refractivity contribution >= 4 is 22.0 Å². The molecule has 4 nitrogen and oxygen atoms in total. The Morgan fingerprint density at radius 1 is 1.19 bits per heavy atom. The summed E-state index contributed by atoms with van der Waals surface area (Å²) in [5, 5.41) is 10.1. The lowest BCUT2D eigenvalue weighted by Gasteiger charge is -2.00. The van der Waals surface area contributed by atoms with Crippen LogP contribution in [0.4, 0.5) is 0 Å². The van der Waals surface area contributed by atoms with E-state index in [9.17, 15) is 0 Å². The van der Waals surface area contributed by atoms with E-state index in [0.29, 0.717) is 5.56 Å². The third-order valence-corrected chi connectivity index (χ3v) is 3.73. The molecular formula is C17H11N3O. The number of nitriles is 1. The zero-order valence-electron chi connectivity index (χ0n) is 11.4. The minimum absolute atomic E-state index is 0.633. The molecule has 2 aromatic heterocycles. The summed E-state index contributed by atoms with van der Waals surface area (Å²) >= 11 is 0. The maximum Gasteiger partial charge on any atom is 0.144 e. The summed E-state index contributed by atoms with van der Waals surface area (Å²) in [4.78, 5) is 4.67. The van der Waals surface area contributed by atoms with Crippen LogP contribution < -0.4 is 0 Å². The zero-order valence-corrected chi connectivity index (χ0v) is 11.4. The molecule has 21 heavy (non-hydrogen) atoms. The third-order valence-electron chi connectivity index (χ3n) is 3.73. The van der Waals surface area contributed by atoms with Crippen LogP contribution in [0.15, 0.2) is 53.1 Å². The van der Waals surface area contributed by atoms with Crippen molar-refractivity contribution < 1.29 is 4.42 Å². The highest BCUT2D eigenvalue weighted by Crippen LogP contribution is 2.31. The van der Waals surface area contributed by atoms with Crippen molar-refractivity contribution in [2.45, 2.75) is 0 Å². The number of hydrogen-bond donors (Lipinski definition) is 0. The number of aryl methyl sites for hydroxylation is 1. The maximum absolute atomic E-state index is 9.03. The van der Waals surface area contributed by atoms with Crippen LogP contribution in [0, 0.1) is 11.3 Å². The first kappa shape index (κ1) is 11.7. The molecule has 4 heteroatoms. The van der Waals surface area contributed by atoms with Gasteiger partial charge in [0.15, 0.2) is 0 Å². The molecular weight excluding hydrogens is 262 g/mol. The number of rotatable bonds is 1. The van der Waals surface area contributed by atoms with Gasteiger partial charge in [-0.05, 0) is 24.3 Å². The van der Waals surface area contributed by atoms with Gasteiger partial charge in [0.2, 0.25) is 0 Å². The van der Waals surface area contributed by atoms with Crippen LogP contribution in [0.1, 0.15) is 5.56 Å². The smallest absolute Gasteiger partial charge is 0.144 e. The fourth-order valence-electron chi connectivity index (χ4n) is 2.65. The van der Waals surface area contributed by atoms with E-state index in [4.69, 9.17) is 9.68 Å². The van der Waals surface area contributed by atoms with Crippen LogP contribution in [-0.2, 0) is 7.05 Å². The number of para-hydroxylation sites is 1. The van der Waals surface area contributed by atoms with Crippen molar-refractivity contribution in [3.63, 3.8) is 0 Å². The van der Waals surface area contributed by atoms with E-state index < -0.39 is 0 Å². The maximum atomic E-state index is 9.03. The Balaban J connectivity index is 2.03. The van der Waals surface area contributed by atoms with Gasteiger partial charge in [-0.1, -0.05) is 18.2 Å². The molecule has 2 heterocycles. The molecule has 0 amide bonds. The first-order valence-corrected chi connectivity index (χ1v) is 6.61. The van der Waals surface area contributed by atoms with Crippen LogP contribution >= 0.6 is 0 Å². The minimum atomic E-state index is 0.633. The zero-order chi connectivity index (χ0) is 14.4. The number of furan rings is 1. The molecule has 0 saturated heterocycles. The second-order valence-electron chi connectivity index (χ2n) is 4.96. The van der Waals surface area contributed by atoms with E-state index >= 15 is 0 Å². The van der Waals surface area contributed by atoms with Gasteiger partial charge in [0.1, 0.15) is 17.7 Å². The molecule has 0 radical (unpaired) electrons. The second-order valence-corrected chi connectivity index (χ2v) is 4.96. The summed E-state index contributed by atoms with van der Waals surface area (Å²) in [6.45, 7) is 0. The molecule has 0 aliphatic heterocycles. The van der Waals surface area contributed by atoms with Crippen molar-refractivity contribution in [3.05, 3.63) is 54.3 Å². The first-order chi connectivity index (χ1) is 10.3. The van der Waals surface area contributed by atoms with E-state index in [0.717, 1.165) is 33.4 Å². The fraction of sp³-hybridized carbons (Fsp3) is 0.0588. The van der Waals surface area contributed by atoms with E-state index in [1.54, 1.807) is 12.3 Å². The van der Waals surface area contributed by atoms with Gasteiger partial charge in [-0.2, -0.15) is 5.26 Å². The molecule has 0 bridgehead atoms. The van der Waals surface area contributed by atoms with Gasteiger partial charge in [-0.25, -0.2) is 4.98 Å². The summed E-state index contributed by atoms with van der Waals surface area (Å²) in [6.07, 6.45) is 1.73. The molecule has 0 fully saturated rings. The molecule has 0 aliphatic rings. The Labute approximate surface area is 120 Å². The lowest BCUT2D eigenvalue weighted by atomic mass is 10.1. The van der Waals surface area contributed by atoms with Crippen molar-refractivity contribution in [2.75, 3.05) is 0 Å². The number of benzene rings is 2. The Kier molecular flexibility index (Phi) is 2.36. The summed E-state index contributed by atoms with van der Waals surface area (Å²) in [5.74, 6) is 0.838. The molecule has 4 rings (SSSR count). The number of nitrogens with zero attached hydrogens (tertiary/aromatic N) is 3. The normalized spacial score (nSPS) is 11.0. The van der Waals surface area contributed by atoms with E-state index in [1.165, 1.54) is 0 Å². The molecule has 0 N–H and O–H groups in total. The molecule has 0 aliphatic carbocycles. The van der Waals surface area contributed by atoms with Gasteiger partial charge in [0.05, 0.1) is 28.2 Å². The number of imidazole rings is 1. The standard InChI is InChI=1S/C17H11N3O/c1-20-15-8-11(9-18)6-7-14(15)19-17(20)13-10-21-16-5-3-2-4-12(13)16/h2-8,10H,1H3. The quantitative estimate of drug-likeness (QED) is 0.529. The summed E-state index contributed by atoms with van der Waals surface area (Å²) in [7, 11) is 1.95. The first-order valence-electron chi connectivity index (χ1n) is 6.61. The van der Waals surface area contributed by atoms with Gasteiger partial charge in [0, 0.05) is 12.4 Å². The predicted molar refractivity (Wildman–Crippen MR) is 80.6 cm³/mol. The van der Waals surface area contributed by atoms with E-state index in [2.05, 4.69) is 11.1 Å². The topological polar surface area (TPSA) is 54.8 Å². The van der Waals surface area contributed by atoms with Gasteiger partial charge in [-0.3, -0.25) is 0 Å². The number of fused-ring (bicyclic) bond motifs is 2. The van der Waals surface area contributed by atoms with Crippen LogP contribution in [-0.4, -0.2) is 9.55 Å². The predicted octanol–water partition coefficient (Wildman–Crippen LogP) is 3.86. The minimum Gasteiger partial charge on any atom is -0.464 e. The molecule has 0 atom stereocenters. The Morgan fingerprint density at radius 2 is 2.05 bits per heavy atom. The summed E-state index contributed by atoms with van der Waals surface area (Å²) in [6, 6.07) is 15.6. The fourth-order valence-corrected chi connectivity index (χ4v) is 2.65. The second kappa shape index (κ2) is 4.22. The van der Waals surface area contributed by atoms with Crippen LogP contribution in [0.3, 0.4) is 0 Å². The summed E-state index contributed by atoms with van der Waals surface area (Å²) in [5.41, 5.74) is 4.25. The Hall–Kier alpha value is -3.06. The van der Waals surface area contributed by atoms with Gasteiger partial charge in [0.25, 0.3) is 0 Å². The van der Waals surface area contributed by atoms with Gasteiger partial charge >= 0.3 is 0 Å². The highest BCUT2D eigenvalue weighted by Gasteiger charge is 2.15. The Morgan fingerprint density at radius 3 is 2.90 bits per heavy atom. The van der Waals surface area contributed by atoms with Gasteiger partial charge < -0.3 is 8.98 Å². The largest absolute Gasteiger partial charge is 0.464 e. The van der Waals surface area contributed by atoms with E-state index in [1.807, 2.05) is 48.0 Å². The molecule has 0 saturated carbocycles. The average Bonchev–Trinajstić information content (AvgIpc) is 3.08. The van der Waals surface area contributed by atoms with Gasteiger partial charge in [-0.15, -0.1) is 0 Å². The van der Waals surface area contributed by atoms with Crippen molar-refractivity contribution in [2.24, 2.45) is 7.05 Å². The lowest BCUT2D eigenvalue weighted by molar-refractivity contribution is 0.616. The van der Waals surface area contributed by atoms with Crippen LogP contribution in [0.2, 0.25) is 0 Å². The van der Waals surface area contributed by atoms with Crippen molar-refractivity contribution in [1.82, 2.24) is 9.55 Å². The average molecular weight is 273 g/mol. The molecule has 0 unspecified atom stereocenters. The van der Waals surface area contributed by atoms with E-state index in [-0.39, 0.29) is 0 Å². The van der Waals surface area contributed by atoms with Crippen molar-refractivity contribution in [1.29, 1.82) is 5.26 Å². The lowest BCUT2D eigenvalue weighted by Crippen LogP contribution is -1.91. The third kappa shape index (κ3) is 1.65. The number of hydrogen-bond acceptors (Lipinski definition) is 3. The van der Waals surface area contributed by atoms with Crippen LogP contribution in [0.25, 0.3) is 33.4 Å². The van der Waals surface area contributed by atoms with Crippen LogP contribution in [0.5, 0.6) is 0 Å². The molecule has 100 valence electrons. The highest BCUT2D eigenvalue weighted by molar-refractivity contribution is 5.94.